The van der Waals surface area contributed by atoms with Gasteiger partial charge in [0, 0.05) is 11.6 Å². The molecule has 24 heavy (non-hydrogen) atoms. The first kappa shape index (κ1) is 16.5. The number of aromatic nitrogens is 1. The van der Waals surface area contributed by atoms with Crippen molar-refractivity contribution in [3.8, 4) is 5.75 Å². The van der Waals surface area contributed by atoms with Gasteiger partial charge in [-0.2, -0.15) is 0 Å². The number of amides is 1. The average Bonchev–Trinajstić information content (AvgIpc) is 2.58. The van der Waals surface area contributed by atoms with Crippen LogP contribution in [0.3, 0.4) is 0 Å². The molecular weight excluding hydrogens is 354 g/mol. The van der Waals surface area contributed by atoms with E-state index in [2.05, 4.69) is 10.3 Å². The van der Waals surface area contributed by atoms with Gasteiger partial charge in [0.1, 0.15) is 17.1 Å². The molecule has 1 aromatic heterocycles. The second-order valence-electron chi connectivity index (χ2n) is 4.92. The summed E-state index contributed by atoms with van der Waals surface area (Å²) in [6, 6.07) is 9.11. The van der Waals surface area contributed by atoms with E-state index in [9.17, 15) is 9.18 Å². The van der Waals surface area contributed by atoms with Crippen LogP contribution in [0, 0.1) is 5.82 Å². The number of anilines is 1. The summed E-state index contributed by atoms with van der Waals surface area (Å²) in [6.45, 7) is 0. The topological polar surface area (TPSA) is 51.2 Å². The van der Waals surface area contributed by atoms with Crippen molar-refractivity contribution in [2.24, 2.45) is 0 Å². The van der Waals surface area contributed by atoms with Gasteiger partial charge in [-0.3, -0.25) is 9.78 Å². The van der Waals surface area contributed by atoms with Crippen LogP contribution >= 0.6 is 23.2 Å². The minimum atomic E-state index is -0.715. The molecule has 0 atom stereocenters. The summed E-state index contributed by atoms with van der Waals surface area (Å²) >= 11 is 11.6. The van der Waals surface area contributed by atoms with E-state index < -0.39 is 11.7 Å². The Morgan fingerprint density at radius 1 is 1.21 bits per heavy atom. The van der Waals surface area contributed by atoms with Crippen molar-refractivity contribution in [1.29, 1.82) is 0 Å². The maximum Gasteiger partial charge on any atom is 0.257 e. The normalized spacial score (nSPS) is 10.7. The zero-order valence-corrected chi connectivity index (χ0v) is 14.0. The van der Waals surface area contributed by atoms with E-state index in [4.69, 9.17) is 27.9 Å². The van der Waals surface area contributed by atoms with Crippen LogP contribution < -0.4 is 10.1 Å². The van der Waals surface area contributed by atoms with Crippen LogP contribution in [0.5, 0.6) is 5.75 Å². The molecule has 0 saturated carbocycles. The lowest BCUT2D eigenvalue weighted by atomic mass is 10.1. The van der Waals surface area contributed by atoms with E-state index in [1.165, 1.54) is 13.2 Å². The maximum atomic E-state index is 13.6. The first-order valence-electron chi connectivity index (χ1n) is 6.89. The molecule has 4 nitrogen and oxygen atoms in total. The number of benzene rings is 2. The number of nitrogens with zero attached hydrogens (tertiary/aromatic N) is 1. The molecule has 0 radical (unpaired) electrons. The predicted molar refractivity (Wildman–Crippen MR) is 92.7 cm³/mol. The van der Waals surface area contributed by atoms with Gasteiger partial charge in [0.15, 0.2) is 0 Å². The van der Waals surface area contributed by atoms with E-state index in [0.29, 0.717) is 22.3 Å². The van der Waals surface area contributed by atoms with Crippen LogP contribution in [0.2, 0.25) is 10.0 Å². The fourth-order valence-electron chi connectivity index (χ4n) is 2.31. The van der Waals surface area contributed by atoms with Gasteiger partial charge in [-0.25, -0.2) is 4.39 Å². The van der Waals surface area contributed by atoms with Crippen molar-refractivity contribution < 1.29 is 13.9 Å². The van der Waals surface area contributed by atoms with Gasteiger partial charge >= 0.3 is 0 Å². The number of carbonyl (C=O) groups excluding carboxylic acids is 1. The summed E-state index contributed by atoms with van der Waals surface area (Å²) in [5.74, 6) is -0.683. The number of halogens is 3. The smallest absolute Gasteiger partial charge is 0.257 e. The second-order valence-corrected chi connectivity index (χ2v) is 5.73. The average molecular weight is 365 g/mol. The highest BCUT2D eigenvalue weighted by atomic mass is 35.5. The molecule has 122 valence electrons. The van der Waals surface area contributed by atoms with Crippen molar-refractivity contribution >= 4 is 45.7 Å². The van der Waals surface area contributed by atoms with Gasteiger partial charge in [-0.05, 0) is 36.4 Å². The highest BCUT2D eigenvalue weighted by molar-refractivity contribution is 6.37. The van der Waals surface area contributed by atoms with Crippen molar-refractivity contribution in [2.75, 3.05) is 12.4 Å². The summed E-state index contributed by atoms with van der Waals surface area (Å²) in [6.07, 6.45) is 1.63. The molecule has 0 fully saturated rings. The van der Waals surface area contributed by atoms with Gasteiger partial charge in [-0.15, -0.1) is 0 Å². The summed E-state index contributed by atoms with van der Waals surface area (Å²) in [7, 11) is 1.54. The molecule has 1 amide bonds. The Hall–Kier alpha value is -2.37. The zero-order chi connectivity index (χ0) is 17.3. The molecule has 3 aromatic rings. The molecule has 0 spiro atoms. The highest BCUT2D eigenvalue weighted by Gasteiger charge is 2.16. The Kier molecular flexibility index (Phi) is 4.55. The van der Waals surface area contributed by atoms with Gasteiger partial charge in [0.25, 0.3) is 5.91 Å². The van der Waals surface area contributed by atoms with Crippen LogP contribution in [0.25, 0.3) is 10.9 Å². The number of carbonyl (C=O) groups is 1. The molecule has 0 bridgehead atoms. The van der Waals surface area contributed by atoms with E-state index in [1.54, 1.807) is 30.5 Å². The number of pyridine rings is 1. The molecule has 0 saturated heterocycles. The number of fused-ring (bicyclic) bond motifs is 1. The fraction of sp³-hybridized carbons (Fsp3) is 0.0588. The fourth-order valence-corrected chi connectivity index (χ4v) is 2.78. The third-order valence-corrected chi connectivity index (χ3v) is 4.06. The molecule has 2 aromatic carbocycles. The number of rotatable bonds is 3. The Labute approximate surface area is 147 Å². The van der Waals surface area contributed by atoms with Crippen molar-refractivity contribution in [1.82, 2.24) is 4.98 Å². The number of nitrogens with one attached hydrogen (secondary N) is 1. The van der Waals surface area contributed by atoms with E-state index in [-0.39, 0.29) is 15.6 Å². The van der Waals surface area contributed by atoms with Crippen LogP contribution in [-0.2, 0) is 0 Å². The van der Waals surface area contributed by atoms with Gasteiger partial charge in [0.2, 0.25) is 0 Å². The molecule has 0 aliphatic rings. The monoisotopic (exact) mass is 364 g/mol. The van der Waals surface area contributed by atoms with Crippen molar-refractivity contribution in [3.63, 3.8) is 0 Å². The largest absolute Gasteiger partial charge is 0.494 e. The molecule has 1 heterocycles. The Morgan fingerprint density at radius 2 is 2.00 bits per heavy atom. The zero-order valence-electron chi connectivity index (χ0n) is 12.4. The molecule has 0 unspecified atom stereocenters. The molecular formula is C17H11Cl2FN2O2. The predicted octanol–water partition coefficient (Wildman–Crippen LogP) is 4.94. The molecule has 0 aliphatic heterocycles. The van der Waals surface area contributed by atoms with Crippen LogP contribution in [0.15, 0.2) is 42.6 Å². The molecule has 1 N–H and O–H groups in total. The van der Waals surface area contributed by atoms with Gasteiger partial charge in [-0.1, -0.05) is 23.2 Å². The van der Waals surface area contributed by atoms with Gasteiger partial charge in [0.05, 0.1) is 28.4 Å². The highest BCUT2D eigenvalue weighted by Crippen LogP contribution is 2.31. The van der Waals surface area contributed by atoms with Crippen LogP contribution in [0.4, 0.5) is 10.1 Å². The minimum Gasteiger partial charge on any atom is -0.494 e. The Bertz CT molecular complexity index is 947. The Morgan fingerprint density at radius 3 is 2.75 bits per heavy atom. The summed E-state index contributed by atoms with van der Waals surface area (Å²) in [5.41, 5.74) is 1.10. The summed E-state index contributed by atoms with van der Waals surface area (Å²) in [5, 5.41) is 3.32. The maximum absolute atomic E-state index is 13.6. The summed E-state index contributed by atoms with van der Waals surface area (Å²) < 4.78 is 18.9. The van der Waals surface area contributed by atoms with Crippen molar-refractivity contribution in [3.05, 3.63) is 64.0 Å². The molecule has 7 heteroatoms. The number of hydrogen-bond acceptors (Lipinski definition) is 3. The Balaban J connectivity index is 2.02. The van der Waals surface area contributed by atoms with E-state index in [1.807, 2.05) is 0 Å². The van der Waals surface area contributed by atoms with E-state index >= 15 is 0 Å². The van der Waals surface area contributed by atoms with Gasteiger partial charge < -0.3 is 10.1 Å². The SMILES string of the molecule is COc1ccc(NC(=O)c2cc(F)c(Cl)cc2Cl)c2cccnc12. The molecule has 0 aliphatic carbocycles. The van der Waals surface area contributed by atoms with Crippen molar-refractivity contribution in [2.45, 2.75) is 0 Å². The quantitative estimate of drug-likeness (QED) is 0.669. The lowest BCUT2D eigenvalue weighted by Crippen LogP contribution is -2.13. The minimum absolute atomic E-state index is 0.00794. The summed E-state index contributed by atoms with van der Waals surface area (Å²) in [4.78, 5) is 16.7. The third-order valence-electron chi connectivity index (χ3n) is 3.46. The molecule has 3 rings (SSSR count). The third kappa shape index (κ3) is 3.00. The first-order valence-corrected chi connectivity index (χ1v) is 7.64. The number of hydrogen-bond donors (Lipinski definition) is 1. The van der Waals surface area contributed by atoms with Crippen LogP contribution in [-0.4, -0.2) is 18.0 Å². The number of ether oxygens (including phenoxy) is 1. The lowest BCUT2D eigenvalue weighted by molar-refractivity contribution is 0.102. The number of methoxy groups -OCH3 is 1. The standard InChI is InChI=1S/C17H11Cl2FN2O2/c1-24-15-5-4-14(9-3-2-6-21-16(9)15)22-17(23)10-7-13(20)12(19)8-11(10)18/h2-8H,1H3,(H,22,23). The first-order chi connectivity index (χ1) is 11.5. The van der Waals surface area contributed by atoms with E-state index in [0.717, 1.165) is 6.07 Å². The van der Waals surface area contributed by atoms with Crippen LogP contribution in [0.1, 0.15) is 10.4 Å². The lowest BCUT2D eigenvalue weighted by Gasteiger charge is -2.12. The second kappa shape index (κ2) is 6.63.